The molecule has 0 aliphatic carbocycles. The molecular weight excluding hydrogens is 1570 g/mol. The molecule has 2 aromatic rings. The molecule has 680 valence electrons. The molecule has 0 spiro atoms. The van der Waals surface area contributed by atoms with Gasteiger partial charge in [0.05, 0.1) is 36.4 Å². The number of nitrogens with one attached hydrogen (secondary N) is 8. The zero-order valence-corrected chi connectivity index (χ0v) is 70.9. The number of ether oxygens (including phenoxy) is 2. The second-order valence-electron chi connectivity index (χ2n) is 31.8. The molecule has 0 bridgehead atoms. The number of ketones is 3. The molecule has 0 radical (unpaired) electrons. The van der Waals surface area contributed by atoms with Crippen molar-refractivity contribution in [2.75, 3.05) is 39.4 Å². The Bertz CT molecular complexity index is 3600. The lowest BCUT2D eigenvalue weighted by Gasteiger charge is -2.23. The number of Topliss-reactive ketones (excluding diaryl/α,β-unsaturated/α-hetero) is 3. The first-order chi connectivity index (χ1) is 57.5. The molecule has 18 N–H and O–H groups in total. The summed E-state index contributed by atoms with van der Waals surface area (Å²) in [4.78, 5) is 211. The minimum absolute atomic E-state index is 0. The van der Waals surface area contributed by atoms with E-state index in [9.17, 15) is 102 Å². The molecule has 2 aromatic carbocycles. The molecule has 35 nitrogen and oxygen atoms in total. The molecule has 2 rings (SSSR count). The minimum atomic E-state index is -1.45. The number of carboxylic acids is 6. The molecular formula is C86H136N10O25. The third-order valence-electron chi connectivity index (χ3n) is 20.5. The zero-order valence-electron chi connectivity index (χ0n) is 70.9. The summed E-state index contributed by atoms with van der Waals surface area (Å²) in [6.45, 7) is 8.54. The first kappa shape index (κ1) is 107. The number of rotatable bonds is 72. The van der Waals surface area contributed by atoms with Gasteiger partial charge >= 0.3 is 35.8 Å². The highest BCUT2D eigenvalue weighted by molar-refractivity contribution is 5.93. The Balaban J connectivity index is 0.0000744. The Hall–Kier alpha value is -10.5. The number of aliphatic carboxylic acids is 4. The summed E-state index contributed by atoms with van der Waals surface area (Å²) >= 11 is 0. The van der Waals surface area contributed by atoms with Gasteiger partial charge in [-0.15, -0.1) is 0 Å². The van der Waals surface area contributed by atoms with E-state index in [-0.39, 0.29) is 133 Å². The molecule has 0 heterocycles. The van der Waals surface area contributed by atoms with E-state index in [4.69, 9.17) is 31.2 Å². The molecule has 0 unspecified atom stereocenters. The minimum Gasteiger partial charge on any atom is -0.494 e. The molecule has 0 aromatic heterocycles. The van der Waals surface area contributed by atoms with E-state index in [1.165, 1.54) is 31.2 Å². The van der Waals surface area contributed by atoms with Crippen LogP contribution in [0, 0.1) is 17.3 Å². The van der Waals surface area contributed by atoms with Crippen molar-refractivity contribution in [2.24, 2.45) is 28.7 Å². The maximum absolute atomic E-state index is 13.9. The highest BCUT2D eigenvalue weighted by atomic mass is 16.5. The summed E-state index contributed by atoms with van der Waals surface area (Å²) in [6, 6.07) is 4.95. The van der Waals surface area contributed by atoms with E-state index in [0.717, 1.165) is 77.0 Å². The molecule has 0 fully saturated rings. The number of aromatic carboxylic acids is 2. The second kappa shape index (κ2) is 61.8. The third-order valence-corrected chi connectivity index (χ3v) is 20.5. The monoisotopic (exact) mass is 1710 g/mol. The Morgan fingerprint density at radius 3 is 0.942 bits per heavy atom. The summed E-state index contributed by atoms with van der Waals surface area (Å²) in [6.07, 6.45) is 14.1. The van der Waals surface area contributed by atoms with Crippen LogP contribution in [0.15, 0.2) is 48.5 Å². The first-order valence-corrected chi connectivity index (χ1v) is 42.6. The number of carboxylic acid groups (broad SMARTS) is 6. The van der Waals surface area contributed by atoms with Gasteiger partial charge in [0.25, 0.3) is 0 Å². The van der Waals surface area contributed by atoms with Crippen LogP contribution in [-0.2, 0) is 71.9 Å². The smallest absolute Gasteiger partial charge is 0.335 e. The highest BCUT2D eigenvalue weighted by Gasteiger charge is 2.32. The Morgan fingerprint density at radius 1 is 0.339 bits per heavy atom. The van der Waals surface area contributed by atoms with Crippen molar-refractivity contribution in [1.82, 2.24) is 42.5 Å². The third kappa shape index (κ3) is 51.1. The van der Waals surface area contributed by atoms with Gasteiger partial charge in [0, 0.05) is 96.2 Å². The van der Waals surface area contributed by atoms with Crippen LogP contribution < -0.4 is 63.5 Å². The number of carbonyl (C=O) groups excluding carboxylic acids is 11. The summed E-state index contributed by atoms with van der Waals surface area (Å²) < 4.78 is 11.3. The van der Waals surface area contributed by atoms with Gasteiger partial charge in [0.2, 0.25) is 47.3 Å². The van der Waals surface area contributed by atoms with Crippen LogP contribution in [0.25, 0.3) is 0 Å². The molecule has 0 aliphatic heterocycles. The normalized spacial score (nSPS) is 13.2. The molecule has 0 aliphatic rings. The molecule has 0 saturated carbocycles. The molecule has 8 amide bonds. The predicted octanol–water partition coefficient (Wildman–Crippen LogP) is 8.01. The predicted molar refractivity (Wildman–Crippen MR) is 449 cm³/mol. The van der Waals surface area contributed by atoms with Crippen LogP contribution in [0.3, 0.4) is 0 Å². The lowest BCUT2D eigenvalue weighted by atomic mass is 9.79. The number of hydrogen-bond donors (Lipinski definition) is 16. The van der Waals surface area contributed by atoms with E-state index >= 15 is 0 Å². The molecule has 35 heteroatoms. The van der Waals surface area contributed by atoms with E-state index in [2.05, 4.69) is 42.5 Å². The van der Waals surface area contributed by atoms with Gasteiger partial charge in [-0.2, -0.15) is 0 Å². The Kier molecular flexibility index (Phi) is 54.4. The number of carbonyl (C=O) groups is 17. The van der Waals surface area contributed by atoms with Crippen molar-refractivity contribution in [2.45, 2.75) is 308 Å². The van der Waals surface area contributed by atoms with Crippen molar-refractivity contribution < 1.29 is 123 Å². The summed E-state index contributed by atoms with van der Waals surface area (Å²) in [5, 5.41) is 77.3. The maximum Gasteiger partial charge on any atom is 0.335 e. The number of nitrogens with two attached hydrogens (primary N) is 2. The van der Waals surface area contributed by atoms with Crippen molar-refractivity contribution in [3.8, 4) is 11.5 Å². The summed E-state index contributed by atoms with van der Waals surface area (Å²) in [7, 11) is 0. The van der Waals surface area contributed by atoms with Gasteiger partial charge in [-0.25, -0.2) is 28.8 Å². The maximum atomic E-state index is 13.9. The highest BCUT2D eigenvalue weighted by Crippen LogP contribution is 2.28. The number of unbranched alkanes of at least 4 members (excludes halogenated alkanes) is 16. The average Bonchev–Trinajstić information content (AvgIpc) is 0.862. The lowest BCUT2D eigenvalue weighted by molar-refractivity contribution is -0.143. The SMILES string of the molecule is CC(=O)[C@H](CCCCNC(=O)[C@@H](N)CCCCNC(=O)CC[C@H](NC(=O)CC[C@H](NC(=O)CCCCCCCCCOc1ccc(C(=O)O)cc1)C(=O)O)C(=O)O)CC(=O)[C@H](CCCCNC(=O)[C@@H](N)CCCCNC(=O)CC[C@H](NC(=O)CC[C@H](NC(=O)CCCCCCCCCOc1ccc(C(=O)O)cc1)C(=O)O)C(=O)O)CC(=O)C(C)(C)C.[HH]. The van der Waals surface area contributed by atoms with Crippen molar-refractivity contribution in [1.29, 1.82) is 0 Å². The fourth-order valence-corrected chi connectivity index (χ4v) is 12.9. The Morgan fingerprint density at radius 2 is 0.628 bits per heavy atom. The molecule has 8 atom stereocenters. The number of hydrogen-bond acceptors (Lipinski definition) is 21. The number of benzene rings is 2. The number of amides is 8. The fraction of sp³-hybridized carbons (Fsp3) is 0.663. The van der Waals surface area contributed by atoms with E-state index in [1.807, 2.05) is 0 Å². The molecule has 0 saturated heterocycles. The largest absolute Gasteiger partial charge is 0.494 e. The summed E-state index contributed by atoms with van der Waals surface area (Å²) in [5.41, 5.74) is 11.9. The van der Waals surface area contributed by atoms with Crippen LogP contribution in [0.1, 0.15) is 294 Å². The topological polar surface area (TPSA) is 578 Å². The van der Waals surface area contributed by atoms with Gasteiger partial charge in [-0.1, -0.05) is 97.8 Å². The summed E-state index contributed by atoms with van der Waals surface area (Å²) in [5.74, 6) is -12.5. The van der Waals surface area contributed by atoms with Gasteiger partial charge in [0.1, 0.15) is 53.0 Å². The lowest BCUT2D eigenvalue weighted by Crippen LogP contribution is -2.44. The second-order valence-corrected chi connectivity index (χ2v) is 31.8. The van der Waals surface area contributed by atoms with Gasteiger partial charge in [-0.3, -0.25) is 52.7 Å². The van der Waals surface area contributed by atoms with Crippen LogP contribution >= 0.6 is 0 Å². The van der Waals surface area contributed by atoms with Crippen LogP contribution in [0.4, 0.5) is 0 Å². The van der Waals surface area contributed by atoms with Crippen molar-refractivity contribution in [3.63, 3.8) is 0 Å². The zero-order chi connectivity index (χ0) is 90.1. The van der Waals surface area contributed by atoms with Crippen LogP contribution in [0.5, 0.6) is 11.5 Å². The Labute approximate surface area is 710 Å². The molecule has 121 heavy (non-hydrogen) atoms. The van der Waals surface area contributed by atoms with Gasteiger partial charge < -0.3 is 94.1 Å². The fourth-order valence-electron chi connectivity index (χ4n) is 12.9. The van der Waals surface area contributed by atoms with E-state index in [0.29, 0.717) is 102 Å². The van der Waals surface area contributed by atoms with Crippen LogP contribution in [-0.4, -0.2) is 207 Å². The standard InChI is InChI=1S/C86H134N10O25.H2/c1-57(97)60(27-17-21-51-91-78(106)64(87)29-19-23-49-89-72(100)45-41-66(82(112)113)95-76(104)47-43-68(84(116)117)93-74(102)31-15-11-7-5-9-13-25-53-120-62-37-33-58(34-38-62)80(108)109)55-70(98)61(56-71(99)86(2,3)4)28-18-22-52-92-79(107)65(88)30-20-24-50-90-73(101)46-42-67(83(114)115)96-77(105)48-44-69(85(118)119)94-75(103)32-16-12-8-6-10-14-26-54-121-63-39-35-59(36-40-63)81(110)111;/h33-40,60-61,64-69H,5-32,41-56,87-88H2,1-4H3,(H,89,100)(H,90,101)(H,91,106)(H,92,107)(H,93,102)(H,94,103)(H,95,104)(H,96,105)(H,108,109)(H,110,111)(H,112,113)(H,114,115)(H,116,117)(H,118,119);1H/t60-,61-,64+,65+,66+,67+,68+,69+;/m1./s1. The quantitative estimate of drug-likeness (QED) is 0.0279. The van der Waals surface area contributed by atoms with Crippen molar-refractivity contribution in [3.05, 3.63) is 59.7 Å². The van der Waals surface area contributed by atoms with Gasteiger partial charge in [0.15, 0.2) is 0 Å². The van der Waals surface area contributed by atoms with E-state index in [1.54, 1.807) is 45.0 Å². The van der Waals surface area contributed by atoms with Crippen molar-refractivity contribution >= 4 is 100 Å². The van der Waals surface area contributed by atoms with E-state index < -0.39 is 149 Å². The van der Waals surface area contributed by atoms with Crippen LogP contribution in [0.2, 0.25) is 0 Å². The average molecular weight is 1710 g/mol. The van der Waals surface area contributed by atoms with Gasteiger partial charge in [-0.05, 0) is 171 Å². The first-order valence-electron chi connectivity index (χ1n) is 42.6.